The molecule has 0 saturated heterocycles. The van der Waals surface area contributed by atoms with Gasteiger partial charge in [-0.15, -0.1) is 0 Å². The fraction of sp³-hybridized carbons (Fsp3) is 0.160. The molecule has 0 atom stereocenters. The summed E-state index contributed by atoms with van der Waals surface area (Å²) in [4.78, 5) is 16.0. The van der Waals surface area contributed by atoms with Crippen molar-refractivity contribution in [2.24, 2.45) is 0 Å². The van der Waals surface area contributed by atoms with E-state index in [1.807, 2.05) is 42.6 Å². The van der Waals surface area contributed by atoms with Crippen LogP contribution in [0.4, 0.5) is 0 Å². The third kappa shape index (κ3) is 3.99. The second kappa shape index (κ2) is 8.72. The minimum atomic E-state index is -0.398. The Balaban J connectivity index is 1.67. The first-order valence-electron chi connectivity index (χ1n) is 9.87. The Bertz CT molecular complexity index is 1290. The van der Waals surface area contributed by atoms with Gasteiger partial charge >= 0.3 is 5.97 Å². The molecule has 2 aromatic heterocycles. The predicted molar refractivity (Wildman–Crippen MR) is 118 cm³/mol. The number of pyridine rings is 1. The van der Waals surface area contributed by atoms with Crippen molar-refractivity contribution in [3.63, 3.8) is 0 Å². The number of aryl methyl sites for hydroxylation is 1. The smallest absolute Gasteiger partial charge is 0.337 e. The molecular formula is C25H21N3O3. The molecule has 0 aliphatic heterocycles. The van der Waals surface area contributed by atoms with Crippen LogP contribution in [-0.2, 0) is 11.3 Å². The summed E-state index contributed by atoms with van der Waals surface area (Å²) >= 11 is 0. The van der Waals surface area contributed by atoms with Crippen molar-refractivity contribution in [3.05, 3.63) is 83.7 Å². The van der Waals surface area contributed by atoms with Crippen LogP contribution in [0.2, 0.25) is 0 Å². The maximum absolute atomic E-state index is 11.8. The van der Waals surface area contributed by atoms with Gasteiger partial charge in [-0.1, -0.05) is 6.07 Å². The Morgan fingerprint density at radius 1 is 1.16 bits per heavy atom. The van der Waals surface area contributed by atoms with E-state index in [1.165, 1.54) is 7.11 Å². The number of nitrogens with zero attached hydrogens (tertiary/aromatic N) is 3. The number of esters is 1. The second-order valence-electron chi connectivity index (χ2n) is 7.08. The van der Waals surface area contributed by atoms with E-state index in [0.29, 0.717) is 30.0 Å². The van der Waals surface area contributed by atoms with Crippen molar-refractivity contribution < 1.29 is 14.3 Å². The molecule has 0 aliphatic rings. The van der Waals surface area contributed by atoms with Crippen LogP contribution in [0.3, 0.4) is 0 Å². The van der Waals surface area contributed by atoms with Crippen molar-refractivity contribution in [1.82, 2.24) is 9.55 Å². The summed E-state index contributed by atoms with van der Waals surface area (Å²) in [7, 11) is 1.35. The molecule has 0 bridgehead atoms. The van der Waals surface area contributed by atoms with Gasteiger partial charge in [-0.3, -0.25) is 4.98 Å². The highest BCUT2D eigenvalue weighted by Crippen LogP contribution is 2.33. The zero-order valence-electron chi connectivity index (χ0n) is 17.3. The summed E-state index contributed by atoms with van der Waals surface area (Å²) in [6, 6.07) is 18.8. The van der Waals surface area contributed by atoms with Crippen LogP contribution in [0.25, 0.3) is 22.2 Å². The number of methoxy groups -OCH3 is 1. The van der Waals surface area contributed by atoms with Crippen molar-refractivity contribution in [2.45, 2.75) is 13.5 Å². The van der Waals surface area contributed by atoms with Gasteiger partial charge in [-0.05, 0) is 61.0 Å². The van der Waals surface area contributed by atoms with Gasteiger partial charge in [-0.2, -0.15) is 5.26 Å². The van der Waals surface area contributed by atoms with Crippen molar-refractivity contribution in [3.8, 4) is 23.1 Å². The summed E-state index contributed by atoms with van der Waals surface area (Å²) < 4.78 is 12.9. The third-order valence-electron chi connectivity index (χ3n) is 5.22. The Labute approximate surface area is 180 Å². The van der Waals surface area contributed by atoms with E-state index in [2.05, 4.69) is 22.5 Å². The lowest BCUT2D eigenvalue weighted by Gasteiger charge is -2.13. The van der Waals surface area contributed by atoms with Gasteiger partial charge in [0.15, 0.2) is 0 Å². The van der Waals surface area contributed by atoms with Gasteiger partial charge in [0.25, 0.3) is 0 Å². The van der Waals surface area contributed by atoms with Crippen LogP contribution in [0.15, 0.2) is 67.0 Å². The molecule has 0 aliphatic carbocycles. The first-order valence-corrected chi connectivity index (χ1v) is 9.87. The summed E-state index contributed by atoms with van der Waals surface area (Å²) in [5.74, 6) is 0.204. The molecule has 0 unspecified atom stereocenters. The second-order valence-corrected chi connectivity index (χ2v) is 7.08. The maximum atomic E-state index is 11.8. The number of benzene rings is 2. The van der Waals surface area contributed by atoms with Gasteiger partial charge in [0.05, 0.1) is 36.5 Å². The molecule has 2 aromatic carbocycles. The fourth-order valence-electron chi connectivity index (χ4n) is 3.78. The molecule has 6 heteroatoms. The SMILES string of the molecule is COC(=O)c1cccc(OCCn2c(-c3cccnc3)c(C)c3cc(C#N)ccc32)c1. The normalized spacial score (nSPS) is 10.6. The minimum absolute atomic E-state index is 0.398. The minimum Gasteiger partial charge on any atom is -0.492 e. The Hall–Kier alpha value is -4.11. The maximum Gasteiger partial charge on any atom is 0.337 e. The average Bonchev–Trinajstić information content (AvgIpc) is 3.10. The van der Waals surface area contributed by atoms with Crippen molar-refractivity contribution in [2.75, 3.05) is 13.7 Å². The highest BCUT2D eigenvalue weighted by Gasteiger charge is 2.16. The van der Waals surface area contributed by atoms with E-state index in [4.69, 9.17) is 9.47 Å². The number of aromatic nitrogens is 2. The standard InChI is InChI=1S/C25H21N3O3/c1-17-22-13-18(15-26)8-9-23(22)28(24(17)20-6-4-10-27-16-20)11-12-31-21-7-3-5-19(14-21)25(29)30-2/h3-10,13-14,16H,11-12H2,1-2H3. The van der Waals surface area contributed by atoms with Gasteiger partial charge in [-0.25, -0.2) is 4.79 Å². The van der Waals surface area contributed by atoms with Crippen LogP contribution in [0.5, 0.6) is 5.75 Å². The molecule has 0 N–H and O–H groups in total. The Morgan fingerprint density at radius 3 is 2.77 bits per heavy atom. The summed E-state index contributed by atoms with van der Waals surface area (Å²) in [5, 5.41) is 10.3. The average molecular weight is 411 g/mol. The summed E-state index contributed by atoms with van der Waals surface area (Å²) in [6.45, 7) is 3.05. The first kappa shape index (κ1) is 20.2. The molecule has 154 valence electrons. The molecular weight excluding hydrogens is 390 g/mol. The third-order valence-corrected chi connectivity index (χ3v) is 5.22. The lowest BCUT2D eigenvalue weighted by atomic mass is 10.1. The topological polar surface area (TPSA) is 77.1 Å². The molecule has 4 aromatic rings. The monoisotopic (exact) mass is 411 g/mol. The van der Waals surface area contributed by atoms with E-state index in [1.54, 1.807) is 24.4 Å². The number of carbonyl (C=O) groups excluding carboxylic acids is 1. The molecule has 0 amide bonds. The van der Waals surface area contributed by atoms with Crippen LogP contribution >= 0.6 is 0 Å². The number of fused-ring (bicyclic) bond motifs is 1. The van der Waals surface area contributed by atoms with E-state index < -0.39 is 5.97 Å². The molecule has 2 heterocycles. The van der Waals surface area contributed by atoms with Crippen molar-refractivity contribution >= 4 is 16.9 Å². The number of carbonyl (C=O) groups is 1. The van der Waals surface area contributed by atoms with Crippen LogP contribution in [0.1, 0.15) is 21.5 Å². The number of hydrogen-bond donors (Lipinski definition) is 0. The van der Waals surface area contributed by atoms with Gasteiger partial charge < -0.3 is 14.0 Å². The molecule has 0 fully saturated rings. The molecule has 4 rings (SSSR count). The number of rotatable bonds is 6. The van der Waals surface area contributed by atoms with E-state index in [0.717, 1.165) is 27.7 Å². The van der Waals surface area contributed by atoms with Gasteiger partial charge in [0.2, 0.25) is 0 Å². The number of nitriles is 1. The molecule has 0 saturated carbocycles. The van der Waals surface area contributed by atoms with E-state index in [-0.39, 0.29) is 0 Å². The largest absolute Gasteiger partial charge is 0.492 e. The highest BCUT2D eigenvalue weighted by atomic mass is 16.5. The lowest BCUT2D eigenvalue weighted by molar-refractivity contribution is 0.0600. The number of ether oxygens (including phenoxy) is 2. The molecule has 0 spiro atoms. The summed E-state index contributed by atoms with van der Waals surface area (Å²) in [6.07, 6.45) is 3.58. The van der Waals surface area contributed by atoms with Crippen LogP contribution < -0.4 is 4.74 Å². The first-order chi connectivity index (χ1) is 15.1. The van der Waals surface area contributed by atoms with Gasteiger partial charge in [0, 0.05) is 28.9 Å². The number of hydrogen-bond acceptors (Lipinski definition) is 5. The zero-order valence-corrected chi connectivity index (χ0v) is 17.3. The molecule has 6 nitrogen and oxygen atoms in total. The zero-order chi connectivity index (χ0) is 21.8. The van der Waals surface area contributed by atoms with Crippen LogP contribution in [-0.4, -0.2) is 29.2 Å². The molecule has 31 heavy (non-hydrogen) atoms. The Kier molecular flexibility index (Phi) is 5.67. The fourth-order valence-corrected chi connectivity index (χ4v) is 3.78. The predicted octanol–water partition coefficient (Wildman–Crippen LogP) is 4.75. The van der Waals surface area contributed by atoms with E-state index >= 15 is 0 Å². The quantitative estimate of drug-likeness (QED) is 0.428. The summed E-state index contributed by atoms with van der Waals surface area (Å²) in [5.41, 5.74) is 5.24. The van der Waals surface area contributed by atoms with E-state index in [9.17, 15) is 10.1 Å². The highest BCUT2D eigenvalue weighted by molar-refractivity contribution is 5.92. The molecule has 0 radical (unpaired) electrons. The lowest BCUT2D eigenvalue weighted by Crippen LogP contribution is -2.10. The van der Waals surface area contributed by atoms with Crippen molar-refractivity contribution in [1.29, 1.82) is 5.26 Å². The Morgan fingerprint density at radius 2 is 2.03 bits per heavy atom. The van der Waals surface area contributed by atoms with Crippen LogP contribution in [0, 0.1) is 18.3 Å². The van der Waals surface area contributed by atoms with Gasteiger partial charge in [0.1, 0.15) is 12.4 Å².